The lowest BCUT2D eigenvalue weighted by molar-refractivity contribution is 0.0342. The first-order chi connectivity index (χ1) is 19.7. The van der Waals surface area contributed by atoms with Crippen molar-refractivity contribution in [3.8, 4) is 0 Å². The predicted molar refractivity (Wildman–Crippen MR) is 163 cm³/mol. The molecular weight excluding hydrogens is 566 g/mol. The Morgan fingerprint density at radius 3 is 2.46 bits per heavy atom. The van der Waals surface area contributed by atoms with E-state index in [1.807, 2.05) is 18.2 Å². The molecule has 2 fully saturated rings. The van der Waals surface area contributed by atoms with Crippen LogP contribution < -0.4 is 10.7 Å². The summed E-state index contributed by atoms with van der Waals surface area (Å²) in [5.74, 6) is 0.331. The maximum absolute atomic E-state index is 13.7. The number of ether oxygens (including phenoxy) is 1. The summed E-state index contributed by atoms with van der Waals surface area (Å²) in [6.45, 7) is 6.16. The Labute approximate surface area is 246 Å². The van der Waals surface area contributed by atoms with Crippen molar-refractivity contribution in [3.05, 3.63) is 74.0 Å². The van der Waals surface area contributed by atoms with Gasteiger partial charge in [-0.1, -0.05) is 29.8 Å². The predicted octanol–water partition coefficient (Wildman–Crippen LogP) is 3.35. The van der Waals surface area contributed by atoms with Gasteiger partial charge in [0, 0.05) is 51.3 Å². The second-order valence-electron chi connectivity index (χ2n) is 10.8. The summed E-state index contributed by atoms with van der Waals surface area (Å²) in [6, 6.07) is 11.2. The number of carbonyl (C=O) groups is 1. The molecule has 0 saturated carbocycles. The number of carbonyl (C=O) groups excluding carboxylic acids is 1. The van der Waals surface area contributed by atoms with E-state index in [1.54, 1.807) is 23.9 Å². The molecule has 0 unspecified atom stereocenters. The highest BCUT2D eigenvalue weighted by Crippen LogP contribution is 2.40. The number of benzene rings is 2. The maximum atomic E-state index is 13.7. The highest BCUT2D eigenvalue weighted by molar-refractivity contribution is 8.24. The number of halogens is 1. The molecule has 222 valence electrons. The SMILES string of the molecule is Cn1nc(C(=O)NCc2ccc(Cl)cc2)c(=O)c2cc(CN3CCOCC3)cc(CCCN3CCS(O)(O)CC3)c21. The molecule has 2 aliphatic heterocycles. The van der Waals surface area contributed by atoms with Gasteiger partial charge < -0.3 is 15.0 Å². The van der Waals surface area contributed by atoms with Crippen LogP contribution in [-0.4, -0.2) is 92.0 Å². The molecule has 0 radical (unpaired) electrons. The number of fused-ring (bicyclic) bond motifs is 1. The Hall–Kier alpha value is -2.51. The van der Waals surface area contributed by atoms with Gasteiger partial charge in [-0.05, 0) is 54.3 Å². The van der Waals surface area contributed by atoms with Crippen LogP contribution in [0.25, 0.3) is 10.9 Å². The van der Waals surface area contributed by atoms with E-state index in [-0.39, 0.29) is 17.7 Å². The fourth-order valence-corrected chi connectivity index (χ4v) is 6.92. The molecule has 3 aromatic rings. The molecule has 0 spiro atoms. The molecule has 0 aliphatic carbocycles. The van der Waals surface area contributed by atoms with Crippen molar-refractivity contribution < 1.29 is 18.6 Å². The second kappa shape index (κ2) is 13.2. The van der Waals surface area contributed by atoms with Crippen LogP contribution in [0.5, 0.6) is 0 Å². The third-order valence-electron chi connectivity index (χ3n) is 7.76. The van der Waals surface area contributed by atoms with E-state index in [4.69, 9.17) is 16.3 Å². The zero-order valence-electron chi connectivity index (χ0n) is 23.4. The van der Waals surface area contributed by atoms with Gasteiger partial charge in [-0.25, -0.2) is 0 Å². The van der Waals surface area contributed by atoms with Gasteiger partial charge in [0.1, 0.15) is 0 Å². The Bertz CT molecular complexity index is 1430. The number of hydrogen-bond donors (Lipinski definition) is 3. The Balaban J connectivity index is 1.40. The summed E-state index contributed by atoms with van der Waals surface area (Å²) in [6.07, 6.45) is 1.59. The third-order valence-corrected chi connectivity index (χ3v) is 9.69. The van der Waals surface area contributed by atoms with Crippen molar-refractivity contribution in [2.45, 2.75) is 25.9 Å². The van der Waals surface area contributed by atoms with Gasteiger partial charge in [0.2, 0.25) is 5.43 Å². The molecule has 2 saturated heterocycles. The minimum Gasteiger partial charge on any atom is -0.379 e. The van der Waals surface area contributed by atoms with Gasteiger partial charge in [0.05, 0.1) is 35.6 Å². The number of nitrogens with one attached hydrogen (secondary N) is 1. The lowest BCUT2D eigenvalue weighted by atomic mass is 10.00. The van der Waals surface area contributed by atoms with Crippen molar-refractivity contribution in [2.24, 2.45) is 7.05 Å². The first-order valence-electron chi connectivity index (χ1n) is 14.0. The molecule has 0 bridgehead atoms. The van der Waals surface area contributed by atoms with E-state index >= 15 is 0 Å². The summed E-state index contributed by atoms with van der Waals surface area (Å²) < 4.78 is 27.0. The van der Waals surface area contributed by atoms with Crippen molar-refractivity contribution in [1.82, 2.24) is 24.9 Å². The second-order valence-corrected chi connectivity index (χ2v) is 13.7. The fourth-order valence-electron chi connectivity index (χ4n) is 5.49. The smallest absolute Gasteiger partial charge is 0.276 e. The summed E-state index contributed by atoms with van der Waals surface area (Å²) in [4.78, 5) is 31.4. The van der Waals surface area contributed by atoms with E-state index < -0.39 is 16.5 Å². The van der Waals surface area contributed by atoms with Crippen molar-refractivity contribution in [1.29, 1.82) is 0 Å². The van der Waals surface area contributed by atoms with Crippen LogP contribution in [0.15, 0.2) is 41.2 Å². The van der Waals surface area contributed by atoms with Crippen molar-refractivity contribution in [3.63, 3.8) is 0 Å². The normalized spacial score (nSPS) is 18.8. The van der Waals surface area contributed by atoms with Crippen molar-refractivity contribution in [2.75, 3.05) is 57.4 Å². The van der Waals surface area contributed by atoms with Crippen molar-refractivity contribution >= 4 is 39.0 Å². The standard InChI is InChI=1S/C29H38ClN5O5S/c1-33-27-23(3-2-8-34-11-15-41(38,39)16-12-34)17-22(20-35-9-13-40-14-10-35)18-25(27)28(36)26(32-33)29(37)31-19-21-4-6-24(30)7-5-21/h4-7,17-18,38-39H,2-3,8-16,19-20H2,1H3,(H,31,37). The van der Waals surface area contributed by atoms with E-state index in [2.05, 4.69) is 26.3 Å². The zero-order chi connectivity index (χ0) is 29.0. The molecule has 1 aromatic heterocycles. The molecular formula is C29H38ClN5O5S. The van der Waals surface area contributed by atoms with Gasteiger partial charge in [-0.2, -0.15) is 15.7 Å². The largest absolute Gasteiger partial charge is 0.379 e. The molecule has 41 heavy (non-hydrogen) atoms. The first-order valence-corrected chi connectivity index (χ1v) is 16.3. The highest BCUT2D eigenvalue weighted by atomic mass is 35.5. The first kappa shape index (κ1) is 30.0. The summed E-state index contributed by atoms with van der Waals surface area (Å²) in [7, 11) is -0.648. The van der Waals surface area contributed by atoms with Crippen LogP contribution in [0.3, 0.4) is 0 Å². The number of hydrogen-bond acceptors (Lipinski definition) is 8. The molecule has 3 heterocycles. The summed E-state index contributed by atoms with van der Waals surface area (Å²) in [5.41, 5.74) is 3.15. The van der Waals surface area contributed by atoms with E-state index in [9.17, 15) is 18.7 Å². The molecule has 2 aromatic carbocycles. The lowest BCUT2D eigenvalue weighted by Crippen LogP contribution is -2.38. The van der Waals surface area contributed by atoms with Crippen LogP contribution in [0.1, 0.15) is 33.6 Å². The molecule has 2 aliphatic rings. The summed E-state index contributed by atoms with van der Waals surface area (Å²) in [5, 5.41) is 8.35. The topological polar surface area (TPSA) is 120 Å². The van der Waals surface area contributed by atoms with Gasteiger partial charge in [0.15, 0.2) is 5.69 Å². The zero-order valence-corrected chi connectivity index (χ0v) is 24.9. The summed E-state index contributed by atoms with van der Waals surface area (Å²) >= 11 is 5.96. The molecule has 0 atom stereocenters. The number of aryl methyl sites for hydroxylation is 2. The van der Waals surface area contributed by atoms with Gasteiger partial charge >= 0.3 is 0 Å². The van der Waals surface area contributed by atoms with Crippen LogP contribution in [0.2, 0.25) is 5.02 Å². The number of aromatic nitrogens is 2. The third kappa shape index (κ3) is 7.66. The molecule has 5 rings (SSSR count). The minimum absolute atomic E-state index is 0.129. The Morgan fingerprint density at radius 1 is 1.05 bits per heavy atom. The monoisotopic (exact) mass is 603 g/mol. The average molecular weight is 604 g/mol. The van der Waals surface area contributed by atoms with E-state index in [0.717, 1.165) is 54.7 Å². The van der Waals surface area contributed by atoms with Crippen LogP contribution in [0.4, 0.5) is 0 Å². The van der Waals surface area contributed by atoms with Crippen LogP contribution in [-0.2, 0) is 31.3 Å². The molecule has 12 heteroatoms. The lowest BCUT2D eigenvalue weighted by Gasteiger charge is -2.41. The highest BCUT2D eigenvalue weighted by Gasteiger charge is 2.23. The Kier molecular flexibility index (Phi) is 9.65. The number of nitrogens with zero attached hydrogens (tertiary/aromatic N) is 4. The molecule has 3 N–H and O–H groups in total. The van der Waals surface area contributed by atoms with Gasteiger partial charge in [-0.3, -0.25) is 28.3 Å². The fraction of sp³-hybridized carbons (Fsp3) is 0.483. The Morgan fingerprint density at radius 2 is 1.76 bits per heavy atom. The quantitative estimate of drug-likeness (QED) is 0.341. The van der Waals surface area contributed by atoms with Crippen LogP contribution >= 0.6 is 22.2 Å². The van der Waals surface area contributed by atoms with E-state index in [0.29, 0.717) is 54.8 Å². The minimum atomic E-state index is -2.42. The van der Waals surface area contributed by atoms with Gasteiger partial charge in [0.25, 0.3) is 5.91 Å². The van der Waals surface area contributed by atoms with Gasteiger partial charge in [-0.15, -0.1) is 0 Å². The number of morpholine rings is 1. The molecule has 1 amide bonds. The van der Waals surface area contributed by atoms with Crippen LogP contribution in [0, 0.1) is 0 Å². The number of rotatable bonds is 9. The number of amides is 1. The maximum Gasteiger partial charge on any atom is 0.276 e. The average Bonchev–Trinajstić information content (AvgIpc) is 2.95. The molecule has 10 nitrogen and oxygen atoms in total. The van der Waals surface area contributed by atoms with E-state index in [1.165, 1.54) is 0 Å².